The van der Waals surface area contributed by atoms with Crippen molar-refractivity contribution >= 4 is 29.4 Å². The van der Waals surface area contributed by atoms with Gasteiger partial charge in [-0.25, -0.2) is 4.79 Å². The highest BCUT2D eigenvalue weighted by molar-refractivity contribution is 7.98. The van der Waals surface area contributed by atoms with Crippen molar-refractivity contribution < 1.29 is 19.5 Å². The molecule has 32 heavy (non-hydrogen) atoms. The molecule has 0 unspecified atom stereocenters. The van der Waals surface area contributed by atoms with Crippen LogP contribution in [-0.2, 0) is 20.8 Å². The number of hydrogen-bond acceptors (Lipinski definition) is 5. The molecule has 7 heteroatoms. The lowest BCUT2D eigenvalue weighted by Crippen LogP contribution is -2.47. The Hall–Kier alpha value is -2.80. The molecule has 3 rings (SSSR count). The zero-order chi connectivity index (χ0) is 22.9. The number of nitrogens with zero attached hydrogens (tertiary/aromatic N) is 1. The van der Waals surface area contributed by atoms with Gasteiger partial charge in [-0.3, -0.25) is 4.79 Å². The molecule has 2 aromatic rings. The molecule has 0 bridgehead atoms. The summed E-state index contributed by atoms with van der Waals surface area (Å²) in [6, 6.07) is 14.9. The van der Waals surface area contributed by atoms with Gasteiger partial charge in [0.25, 0.3) is 5.91 Å². The highest BCUT2D eigenvalue weighted by Gasteiger charge is 2.29. The maximum absolute atomic E-state index is 12.9. The number of rotatable bonds is 9. The minimum absolute atomic E-state index is 0.00827. The Balaban J connectivity index is 1.71. The van der Waals surface area contributed by atoms with Crippen molar-refractivity contribution in [3.05, 3.63) is 54.1 Å². The van der Waals surface area contributed by atoms with Crippen molar-refractivity contribution in [3.8, 4) is 11.1 Å². The van der Waals surface area contributed by atoms with E-state index in [2.05, 4.69) is 22.6 Å². The summed E-state index contributed by atoms with van der Waals surface area (Å²) in [7, 11) is 1.40. The van der Waals surface area contributed by atoms with Crippen LogP contribution >= 0.6 is 11.8 Å². The minimum Gasteiger partial charge on any atom is -0.480 e. The molecular formula is C25H30N2O4S. The lowest BCUT2D eigenvalue weighted by molar-refractivity contribution is -0.141. The molecule has 1 atom stereocenters. The number of amides is 1. The maximum Gasteiger partial charge on any atom is 0.326 e. The van der Waals surface area contributed by atoms with E-state index in [9.17, 15) is 14.7 Å². The Bertz CT molecular complexity index is 953. The molecule has 1 aliphatic carbocycles. The van der Waals surface area contributed by atoms with Gasteiger partial charge < -0.3 is 15.3 Å². The fourth-order valence-corrected chi connectivity index (χ4v) is 4.77. The van der Waals surface area contributed by atoms with Crippen molar-refractivity contribution in [3.63, 3.8) is 0 Å². The first kappa shape index (κ1) is 23.9. The molecule has 0 spiro atoms. The van der Waals surface area contributed by atoms with Crippen LogP contribution < -0.4 is 5.32 Å². The number of aliphatic carboxylic acids is 1. The second kappa shape index (κ2) is 11.7. The van der Waals surface area contributed by atoms with Gasteiger partial charge in [-0.1, -0.05) is 66.9 Å². The van der Waals surface area contributed by atoms with Crippen molar-refractivity contribution in [1.29, 1.82) is 0 Å². The van der Waals surface area contributed by atoms with Crippen LogP contribution in [0.25, 0.3) is 11.1 Å². The van der Waals surface area contributed by atoms with Crippen LogP contribution in [0, 0.1) is 5.92 Å². The molecular weight excluding hydrogens is 424 g/mol. The molecule has 1 saturated carbocycles. The van der Waals surface area contributed by atoms with E-state index in [0.29, 0.717) is 5.71 Å². The van der Waals surface area contributed by atoms with E-state index in [1.165, 1.54) is 12.0 Å². The van der Waals surface area contributed by atoms with Crippen molar-refractivity contribution in [1.82, 2.24) is 5.32 Å². The normalized spacial score (nSPS) is 15.8. The van der Waals surface area contributed by atoms with Crippen LogP contribution in [-0.4, -0.2) is 42.1 Å². The molecule has 2 aromatic carbocycles. The minimum atomic E-state index is -1.07. The number of benzene rings is 2. The van der Waals surface area contributed by atoms with Crippen LogP contribution in [0.4, 0.5) is 0 Å². The molecule has 0 aromatic heterocycles. The number of thioether (sulfide) groups is 1. The first-order valence-corrected chi connectivity index (χ1v) is 12.1. The number of carbonyl (C=O) groups is 2. The molecule has 0 heterocycles. The number of carboxylic acid groups (broad SMARTS) is 1. The standard InChI is InChI=1S/C25H30N2O4S/c1-31-27-23(19-8-4-3-5-9-19)24(28)26-21(25(29)30)16-17-12-14-18(15-13-17)20-10-6-7-11-22(20)32-2/h6-7,10-15,19,21H,3-5,8-9,16H2,1-2H3,(H,26,28)(H,29,30)/t21-/m0/s1. The largest absolute Gasteiger partial charge is 0.480 e. The van der Waals surface area contributed by atoms with Gasteiger partial charge in [-0.05, 0) is 41.9 Å². The SMILES string of the molecule is CON=C(C(=O)N[C@@H](Cc1ccc(-c2ccccc2SC)cc1)C(=O)O)C1CCCCC1. The third kappa shape index (κ3) is 6.13. The highest BCUT2D eigenvalue weighted by atomic mass is 32.2. The van der Waals surface area contributed by atoms with Crippen molar-refractivity contribution in [2.45, 2.75) is 49.5 Å². The number of hydrogen-bond donors (Lipinski definition) is 2. The average molecular weight is 455 g/mol. The van der Waals surface area contributed by atoms with Crippen LogP contribution in [0.5, 0.6) is 0 Å². The number of oxime groups is 1. The summed E-state index contributed by atoms with van der Waals surface area (Å²) in [5, 5.41) is 16.3. The van der Waals surface area contributed by atoms with Crippen LogP contribution in [0.3, 0.4) is 0 Å². The van der Waals surface area contributed by atoms with Gasteiger partial charge in [-0.15, -0.1) is 11.8 Å². The molecule has 0 saturated heterocycles. The molecule has 0 radical (unpaired) electrons. The van der Waals surface area contributed by atoms with E-state index in [1.807, 2.05) is 42.7 Å². The van der Waals surface area contributed by atoms with Gasteiger partial charge in [0, 0.05) is 17.2 Å². The highest BCUT2D eigenvalue weighted by Crippen LogP contribution is 2.30. The number of carbonyl (C=O) groups excluding carboxylic acids is 1. The van der Waals surface area contributed by atoms with E-state index in [0.717, 1.165) is 48.8 Å². The van der Waals surface area contributed by atoms with Gasteiger partial charge in [0.15, 0.2) is 0 Å². The Morgan fingerprint density at radius 1 is 1.12 bits per heavy atom. The first-order valence-electron chi connectivity index (χ1n) is 10.9. The van der Waals surface area contributed by atoms with E-state index in [4.69, 9.17) is 4.84 Å². The maximum atomic E-state index is 12.9. The lowest BCUT2D eigenvalue weighted by atomic mass is 9.85. The summed E-state index contributed by atoms with van der Waals surface area (Å²) in [5.41, 5.74) is 3.34. The summed E-state index contributed by atoms with van der Waals surface area (Å²) in [5.74, 6) is -1.53. The number of carboxylic acids is 1. The fourth-order valence-electron chi connectivity index (χ4n) is 4.15. The quantitative estimate of drug-likeness (QED) is 0.324. The second-order valence-electron chi connectivity index (χ2n) is 7.96. The molecule has 1 amide bonds. The molecule has 170 valence electrons. The summed E-state index contributed by atoms with van der Waals surface area (Å²) < 4.78 is 0. The van der Waals surface area contributed by atoms with E-state index >= 15 is 0 Å². The van der Waals surface area contributed by atoms with Gasteiger partial charge >= 0.3 is 5.97 Å². The van der Waals surface area contributed by atoms with E-state index in [-0.39, 0.29) is 12.3 Å². The van der Waals surface area contributed by atoms with Crippen molar-refractivity contribution in [2.24, 2.45) is 11.1 Å². The Labute approximate surface area is 193 Å². The van der Waals surface area contributed by atoms with E-state index < -0.39 is 17.9 Å². The van der Waals surface area contributed by atoms with Gasteiger partial charge in [0.05, 0.1) is 0 Å². The third-order valence-corrected chi connectivity index (χ3v) is 6.63. The van der Waals surface area contributed by atoms with Crippen LogP contribution in [0.1, 0.15) is 37.7 Å². The average Bonchev–Trinajstić information content (AvgIpc) is 2.83. The summed E-state index contributed by atoms with van der Waals surface area (Å²) in [4.78, 5) is 30.8. The Morgan fingerprint density at radius 2 is 1.81 bits per heavy atom. The predicted molar refractivity (Wildman–Crippen MR) is 128 cm³/mol. The monoisotopic (exact) mass is 454 g/mol. The fraction of sp³-hybridized carbons (Fsp3) is 0.400. The van der Waals surface area contributed by atoms with Gasteiger partial charge in [-0.2, -0.15) is 0 Å². The number of nitrogens with one attached hydrogen (secondary N) is 1. The summed E-state index contributed by atoms with van der Waals surface area (Å²) >= 11 is 1.69. The topological polar surface area (TPSA) is 88.0 Å². The predicted octanol–water partition coefficient (Wildman–Crippen LogP) is 4.77. The Morgan fingerprint density at radius 3 is 2.44 bits per heavy atom. The molecule has 2 N–H and O–H groups in total. The zero-order valence-corrected chi connectivity index (χ0v) is 19.4. The van der Waals surface area contributed by atoms with E-state index in [1.54, 1.807) is 11.8 Å². The van der Waals surface area contributed by atoms with Crippen LogP contribution in [0.2, 0.25) is 0 Å². The zero-order valence-electron chi connectivity index (χ0n) is 18.5. The second-order valence-corrected chi connectivity index (χ2v) is 8.81. The first-order chi connectivity index (χ1) is 15.5. The Kier molecular flexibility index (Phi) is 8.73. The summed E-state index contributed by atoms with van der Waals surface area (Å²) in [6.07, 6.45) is 7.19. The van der Waals surface area contributed by atoms with Gasteiger partial charge in [0.2, 0.25) is 0 Å². The molecule has 0 aliphatic heterocycles. The molecule has 1 fully saturated rings. The smallest absolute Gasteiger partial charge is 0.326 e. The van der Waals surface area contributed by atoms with Gasteiger partial charge in [0.1, 0.15) is 18.9 Å². The summed E-state index contributed by atoms with van der Waals surface area (Å²) in [6.45, 7) is 0. The molecule has 6 nitrogen and oxygen atoms in total. The lowest BCUT2D eigenvalue weighted by Gasteiger charge is -2.23. The third-order valence-electron chi connectivity index (χ3n) is 5.83. The van der Waals surface area contributed by atoms with Crippen molar-refractivity contribution in [2.75, 3.05) is 13.4 Å². The van der Waals surface area contributed by atoms with Crippen LogP contribution in [0.15, 0.2) is 58.6 Å². The molecule has 1 aliphatic rings.